The minimum atomic E-state index is -0.465. The van der Waals surface area contributed by atoms with E-state index in [0.717, 1.165) is 6.42 Å². The van der Waals surface area contributed by atoms with Gasteiger partial charge in [0.05, 0.1) is 11.1 Å². The van der Waals surface area contributed by atoms with Gasteiger partial charge in [-0.25, -0.2) is 4.39 Å². The number of ether oxygens (including phenoxy) is 2. The Morgan fingerprint density at radius 3 is 2.80 bits per heavy atom. The molecule has 1 aromatic carbocycles. The van der Waals surface area contributed by atoms with Crippen LogP contribution in [-0.4, -0.2) is 19.8 Å². The van der Waals surface area contributed by atoms with Gasteiger partial charge in [0.25, 0.3) is 0 Å². The van der Waals surface area contributed by atoms with Gasteiger partial charge in [-0.1, -0.05) is 11.6 Å². The van der Waals surface area contributed by atoms with Crippen molar-refractivity contribution in [1.29, 1.82) is 0 Å². The highest BCUT2D eigenvalue weighted by Crippen LogP contribution is 2.21. The quantitative estimate of drug-likeness (QED) is 0.776. The highest BCUT2D eigenvalue weighted by atomic mass is 35.5. The zero-order valence-electron chi connectivity index (χ0n) is 8.80. The van der Waals surface area contributed by atoms with E-state index in [-0.39, 0.29) is 11.1 Å². The Kier molecular flexibility index (Phi) is 4.85. The molecular weight excluding hydrogens is 219 g/mol. The Bertz CT molecular complexity index is 317. The van der Waals surface area contributed by atoms with Crippen LogP contribution in [0, 0.1) is 5.82 Å². The summed E-state index contributed by atoms with van der Waals surface area (Å²) in [5.41, 5.74) is 0. The van der Waals surface area contributed by atoms with Crippen LogP contribution < -0.4 is 4.74 Å². The van der Waals surface area contributed by atoms with E-state index in [0.29, 0.717) is 12.4 Å². The molecule has 0 aliphatic carbocycles. The largest absolute Gasteiger partial charge is 0.491 e. The van der Waals surface area contributed by atoms with Gasteiger partial charge in [0.1, 0.15) is 11.6 Å². The smallest absolute Gasteiger partial charge is 0.145 e. The van der Waals surface area contributed by atoms with Gasteiger partial charge in [0.2, 0.25) is 0 Å². The molecule has 0 aromatic heterocycles. The lowest BCUT2D eigenvalue weighted by Gasteiger charge is -2.14. The first-order valence-electron chi connectivity index (χ1n) is 4.74. The van der Waals surface area contributed by atoms with Gasteiger partial charge >= 0.3 is 0 Å². The second-order valence-electron chi connectivity index (χ2n) is 3.29. The first-order valence-corrected chi connectivity index (χ1v) is 5.12. The van der Waals surface area contributed by atoms with Crippen molar-refractivity contribution in [3.63, 3.8) is 0 Å². The lowest BCUT2D eigenvalue weighted by molar-refractivity contribution is 0.135. The van der Waals surface area contributed by atoms with Crippen LogP contribution in [0.5, 0.6) is 5.75 Å². The molecule has 0 fully saturated rings. The standard InChI is InChI=1S/C11H14ClFO2/c1-8(5-6-14-2)15-9-3-4-10(12)11(13)7-9/h3-4,7-8H,5-6H2,1-2H3. The predicted octanol–water partition coefficient (Wildman–Crippen LogP) is 3.28. The van der Waals surface area contributed by atoms with Crippen molar-refractivity contribution < 1.29 is 13.9 Å². The Morgan fingerprint density at radius 2 is 2.20 bits per heavy atom. The molecule has 84 valence electrons. The van der Waals surface area contributed by atoms with Crippen molar-refractivity contribution in [2.45, 2.75) is 19.4 Å². The number of benzene rings is 1. The molecule has 0 aliphatic heterocycles. The SMILES string of the molecule is COCCC(C)Oc1ccc(Cl)c(F)c1. The second kappa shape index (κ2) is 5.93. The van der Waals surface area contributed by atoms with Crippen LogP contribution in [0.4, 0.5) is 4.39 Å². The average molecular weight is 233 g/mol. The maximum Gasteiger partial charge on any atom is 0.145 e. The van der Waals surface area contributed by atoms with Gasteiger partial charge in [-0.05, 0) is 19.1 Å². The molecule has 0 spiro atoms. The van der Waals surface area contributed by atoms with E-state index < -0.39 is 5.82 Å². The summed E-state index contributed by atoms with van der Waals surface area (Å²) in [6, 6.07) is 4.41. The maximum atomic E-state index is 13.0. The molecule has 0 heterocycles. The molecule has 0 amide bonds. The summed E-state index contributed by atoms with van der Waals surface area (Å²) < 4.78 is 23.4. The summed E-state index contributed by atoms with van der Waals surface area (Å²) in [7, 11) is 1.63. The van der Waals surface area contributed by atoms with E-state index >= 15 is 0 Å². The van der Waals surface area contributed by atoms with Gasteiger partial charge in [0.15, 0.2) is 0 Å². The van der Waals surface area contributed by atoms with E-state index in [1.54, 1.807) is 13.2 Å². The number of halogens is 2. The van der Waals surface area contributed by atoms with E-state index in [4.69, 9.17) is 21.1 Å². The molecule has 0 saturated carbocycles. The summed E-state index contributed by atoms with van der Waals surface area (Å²) in [4.78, 5) is 0. The van der Waals surface area contributed by atoms with Gasteiger partial charge in [-0.2, -0.15) is 0 Å². The average Bonchev–Trinajstić information content (AvgIpc) is 2.20. The fourth-order valence-electron chi connectivity index (χ4n) is 1.13. The molecule has 15 heavy (non-hydrogen) atoms. The van der Waals surface area contributed by atoms with Gasteiger partial charge in [-0.15, -0.1) is 0 Å². The lowest BCUT2D eigenvalue weighted by atomic mass is 10.3. The third kappa shape index (κ3) is 4.06. The van der Waals surface area contributed by atoms with Crippen LogP contribution in [0.1, 0.15) is 13.3 Å². The Morgan fingerprint density at radius 1 is 1.47 bits per heavy atom. The van der Waals surface area contributed by atoms with Gasteiger partial charge in [-0.3, -0.25) is 0 Å². The summed E-state index contributed by atoms with van der Waals surface area (Å²) in [5, 5.41) is 0.104. The fraction of sp³-hybridized carbons (Fsp3) is 0.455. The Balaban J connectivity index is 2.53. The molecule has 0 bridgehead atoms. The minimum absolute atomic E-state index is 0.00877. The molecular formula is C11H14ClFO2. The van der Waals surface area contributed by atoms with Crippen LogP contribution in [0.25, 0.3) is 0 Å². The Labute approximate surface area is 94.0 Å². The van der Waals surface area contributed by atoms with E-state index in [1.165, 1.54) is 12.1 Å². The molecule has 0 N–H and O–H groups in total. The molecule has 1 unspecified atom stereocenters. The normalized spacial score (nSPS) is 12.5. The molecule has 4 heteroatoms. The third-order valence-electron chi connectivity index (χ3n) is 1.96. The number of methoxy groups -OCH3 is 1. The predicted molar refractivity (Wildman–Crippen MR) is 58.0 cm³/mol. The molecule has 1 atom stereocenters. The van der Waals surface area contributed by atoms with Crippen LogP contribution in [0.15, 0.2) is 18.2 Å². The fourth-order valence-corrected chi connectivity index (χ4v) is 1.24. The van der Waals surface area contributed by atoms with Crippen molar-refractivity contribution in [3.05, 3.63) is 29.0 Å². The van der Waals surface area contributed by atoms with Gasteiger partial charge in [0, 0.05) is 26.2 Å². The second-order valence-corrected chi connectivity index (χ2v) is 3.69. The van der Waals surface area contributed by atoms with Crippen LogP contribution >= 0.6 is 11.6 Å². The van der Waals surface area contributed by atoms with Crippen molar-refractivity contribution in [2.75, 3.05) is 13.7 Å². The number of rotatable bonds is 5. The number of hydrogen-bond acceptors (Lipinski definition) is 2. The van der Waals surface area contributed by atoms with E-state index in [9.17, 15) is 4.39 Å². The van der Waals surface area contributed by atoms with Gasteiger partial charge < -0.3 is 9.47 Å². The van der Waals surface area contributed by atoms with Crippen molar-refractivity contribution in [3.8, 4) is 5.75 Å². The molecule has 0 radical (unpaired) electrons. The van der Waals surface area contributed by atoms with Crippen molar-refractivity contribution >= 4 is 11.6 Å². The minimum Gasteiger partial charge on any atom is -0.491 e. The van der Waals surface area contributed by atoms with Crippen molar-refractivity contribution in [2.24, 2.45) is 0 Å². The Hall–Kier alpha value is -0.800. The molecule has 0 saturated heterocycles. The van der Waals surface area contributed by atoms with Crippen molar-refractivity contribution in [1.82, 2.24) is 0 Å². The maximum absolute atomic E-state index is 13.0. The van der Waals surface area contributed by atoms with E-state index in [2.05, 4.69) is 0 Å². The first kappa shape index (κ1) is 12.3. The van der Waals surface area contributed by atoms with E-state index in [1.807, 2.05) is 6.92 Å². The third-order valence-corrected chi connectivity index (χ3v) is 2.26. The van der Waals surface area contributed by atoms with Crippen LogP contribution in [-0.2, 0) is 4.74 Å². The zero-order valence-corrected chi connectivity index (χ0v) is 9.55. The summed E-state index contributed by atoms with van der Waals surface area (Å²) in [6.45, 7) is 2.53. The monoisotopic (exact) mass is 232 g/mol. The first-order chi connectivity index (χ1) is 7.13. The lowest BCUT2D eigenvalue weighted by Crippen LogP contribution is -2.14. The summed E-state index contributed by atoms with van der Waals surface area (Å²) in [6.07, 6.45) is 0.756. The zero-order chi connectivity index (χ0) is 11.3. The number of hydrogen-bond donors (Lipinski definition) is 0. The topological polar surface area (TPSA) is 18.5 Å². The molecule has 0 aliphatic rings. The highest BCUT2D eigenvalue weighted by Gasteiger charge is 2.06. The summed E-state index contributed by atoms with van der Waals surface area (Å²) in [5.74, 6) is 0.0219. The van der Waals surface area contributed by atoms with Crippen LogP contribution in [0.3, 0.4) is 0 Å². The summed E-state index contributed by atoms with van der Waals surface area (Å²) >= 11 is 5.55. The van der Waals surface area contributed by atoms with Crippen LogP contribution in [0.2, 0.25) is 5.02 Å². The molecule has 1 rings (SSSR count). The molecule has 2 nitrogen and oxygen atoms in total. The molecule has 1 aromatic rings. The highest BCUT2D eigenvalue weighted by molar-refractivity contribution is 6.30.